The average molecular weight is 199 g/mol. The van der Waals surface area contributed by atoms with Crippen LogP contribution in [0.5, 0.6) is 0 Å². The van der Waals surface area contributed by atoms with Crippen molar-refractivity contribution in [2.75, 3.05) is 13.1 Å². The molecule has 0 aliphatic rings. The Morgan fingerprint density at radius 2 is 1.79 bits per heavy atom. The molecule has 14 heavy (non-hydrogen) atoms. The summed E-state index contributed by atoms with van der Waals surface area (Å²) >= 11 is 0. The van der Waals surface area contributed by atoms with Crippen LogP contribution in [0.2, 0.25) is 0 Å². The van der Waals surface area contributed by atoms with E-state index in [2.05, 4.69) is 39.9 Å². The topological polar surface area (TPSA) is 12.0 Å². The van der Waals surface area contributed by atoms with E-state index in [0.29, 0.717) is 5.41 Å². The molecule has 0 aliphatic heterocycles. The van der Waals surface area contributed by atoms with Gasteiger partial charge in [-0.3, -0.25) is 0 Å². The van der Waals surface area contributed by atoms with Crippen LogP contribution >= 0.6 is 0 Å². The summed E-state index contributed by atoms with van der Waals surface area (Å²) < 4.78 is 0. The third-order valence-electron chi connectivity index (χ3n) is 3.45. The fraction of sp³-hybridized carbons (Fsp3) is 1.00. The largest absolute Gasteiger partial charge is 0.316 e. The van der Waals surface area contributed by atoms with Gasteiger partial charge >= 0.3 is 0 Å². The molecule has 0 aliphatic carbocycles. The Morgan fingerprint density at radius 3 is 2.21 bits per heavy atom. The molecule has 0 aromatic carbocycles. The molecule has 0 saturated heterocycles. The summed E-state index contributed by atoms with van der Waals surface area (Å²) in [4.78, 5) is 0. The fourth-order valence-electron chi connectivity index (χ4n) is 1.71. The summed E-state index contributed by atoms with van der Waals surface area (Å²) in [5.41, 5.74) is 0.491. The Labute approximate surface area is 90.7 Å². The first-order valence-electron chi connectivity index (χ1n) is 6.27. The summed E-state index contributed by atoms with van der Waals surface area (Å²) in [6, 6.07) is 0. The zero-order chi connectivity index (χ0) is 11.0. The van der Waals surface area contributed by atoms with Gasteiger partial charge in [-0.2, -0.15) is 0 Å². The molecule has 1 unspecified atom stereocenters. The molecular weight excluding hydrogens is 170 g/mol. The maximum Gasteiger partial charge on any atom is 0.000761 e. The van der Waals surface area contributed by atoms with E-state index in [0.717, 1.165) is 12.5 Å². The van der Waals surface area contributed by atoms with Gasteiger partial charge in [-0.05, 0) is 30.7 Å². The quantitative estimate of drug-likeness (QED) is 0.586. The standard InChI is InChI=1S/C13H29N/c1-6-8-9-13(5,12(3)4)11-14-10-7-2/h12,14H,6-11H2,1-5H3. The second kappa shape index (κ2) is 7.28. The Bertz CT molecular complexity index is 131. The van der Waals surface area contributed by atoms with E-state index < -0.39 is 0 Å². The van der Waals surface area contributed by atoms with Gasteiger partial charge in [0.25, 0.3) is 0 Å². The van der Waals surface area contributed by atoms with Crippen LogP contribution in [0.4, 0.5) is 0 Å². The molecule has 1 N–H and O–H groups in total. The molecule has 1 nitrogen and oxygen atoms in total. The SMILES string of the molecule is CCCCC(C)(CNCCC)C(C)C. The maximum atomic E-state index is 3.57. The van der Waals surface area contributed by atoms with E-state index in [1.807, 2.05) is 0 Å². The zero-order valence-electron chi connectivity index (χ0n) is 10.8. The van der Waals surface area contributed by atoms with Gasteiger partial charge in [-0.1, -0.05) is 47.5 Å². The second-order valence-corrected chi connectivity index (χ2v) is 5.09. The van der Waals surface area contributed by atoms with Crippen molar-refractivity contribution in [1.29, 1.82) is 0 Å². The smallest absolute Gasteiger partial charge is 0.000761 e. The van der Waals surface area contributed by atoms with Crippen LogP contribution in [-0.4, -0.2) is 13.1 Å². The number of nitrogens with one attached hydrogen (secondary N) is 1. The molecule has 0 heterocycles. The highest BCUT2D eigenvalue weighted by Gasteiger charge is 2.26. The fourth-order valence-corrected chi connectivity index (χ4v) is 1.71. The van der Waals surface area contributed by atoms with Crippen molar-refractivity contribution in [3.05, 3.63) is 0 Å². The molecule has 0 amide bonds. The van der Waals surface area contributed by atoms with Crippen molar-refractivity contribution in [1.82, 2.24) is 5.32 Å². The van der Waals surface area contributed by atoms with Gasteiger partial charge < -0.3 is 5.32 Å². The first-order chi connectivity index (χ1) is 6.56. The second-order valence-electron chi connectivity index (χ2n) is 5.09. The minimum atomic E-state index is 0.491. The molecular formula is C13H29N. The maximum absolute atomic E-state index is 3.57. The third-order valence-corrected chi connectivity index (χ3v) is 3.45. The van der Waals surface area contributed by atoms with E-state index >= 15 is 0 Å². The minimum absolute atomic E-state index is 0.491. The van der Waals surface area contributed by atoms with Crippen molar-refractivity contribution in [3.8, 4) is 0 Å². The van der Waals surface area contributed by atoms with Gasteiger partial charge in [0.15, 0.2) is 0 Å². The van der Waals surface area contributed by atoms with Gasteiger partial charge in [0, 0.05) is 6.54 Å². The van der Waals surface area contributed by atoms with Crippen LogP contribution < -0.4 is 5.32 Å². The molecule has 0 rings (SSSR count). The molecule has 0 saturated carbocycles. The van der Waals surface area contributed by atoms with Crippen LogP contribution in [0.15, 0.2) is 0 Å². The Hall–Kier alpha value is -0.0400. The van der Waals surface area contributed by atoms with Crippen molar-refractivity contribution in [2.45, 2.75) is 60.3 Å². The normalized spacial score (nSPS) is 15.9. The number of unbranched alkanes of at least 4 members (excludes halogenated alkanes) is 1. The summed E-state index contributed by atoms with van der Waals surface area (Å²) in [6.07, 6.45) is 5.28. The molecule has 1 heteroatoms. The van der Waals surface area contributed by atoms with Gasteiger partial charge in [-0.15, -0.1) is 0 Å². The monoisotopic (exact) mass is 199 g/mol. The van der Waals surface area contributed by atoms with Crippen molar-refractivity contribution >= 4 is 0 Å². The first-order valence-corrected chi connectivity index (χ1v) is 6.27. The lowest BCUT2D eigenvalue weighted by atomic mass is 9.75. The van der Waals surface area contributed by atoms with E-state index in [1.54, 1.807) is 0 Å². The van der Waals surface area contributed by atoms with E-state index in [-0.39, 0.29) is 0 Å². The molecule has 0 bridgehead atoms. The first kappa shape index (κ1) is 14.0. The highest BCUT2D eigenvalue weighted by atomic mass is 14.9. The third kappa shape index (κ3) is 4.99. The zero-order valence-corrected chi connectivity index (χ0v) is 10.8. The van der Waals surface area contributed by atoms with Gasteiger partial charge in [-0.25, -0.2) is 0 Å². The molecule has 0 fully saturated rings. The van der Waals surface area contributed by atoms with Crippen LogP contribution in [-0.2, 0) is 0 Å². The molecule has 0 aromatic heterocycles. The summed E-state index contributed by atoms with van der Waals surface area (Å²) in [6.45, 7) is 14.0. The average Bonchev–Trinajstić information content (AvgIpc) is 2.15. The predicted molar refractivity (Wildman–Crippen MR) is 65.6 cm³/mol. The molecule has 0 aromatic rings. The number of rotatable bonds is 8. The van der Waals surface area contributed by atoms with Crippen LogP contribution in [0.25, 0.3) is 0 Å². The van der Waals surface area contributed by atoms with Crippen molar-refractivity contribution in [3.63, 3.8) is 0 Å². The predicted octanol–water partition coefficient (Wildman–Crippen LogP) is 3.84. The Kier molecular flexibility index (Phi) is 7.26. The van der Waals surface area contributed by atoms with Crippen molar-refractivity contribution < 1.29 is 0 Å². The summed E-state index contributed by atoms with van der Waals surface area (Å²) in [5, 5.41) is 3.57. The molecule has 0 radical (unpaired) electrons. The van der Waals surface area contributed by atoms with E-state index in [4.69, 9.17) is 0 Å². The van der Waals surface area contributed by atoms with Gasteiger partial charge in [0.05, 0.1) is 0 Å². The van der Waals surface area contributed by atoms with Crippen LogP contribution in [0.1, 0.15) is 60.3 Å². The highest BCUT2D eigenvalue weighted by Crippen LogP contribution is 2.32. The Balaban J connectivity index is 3.96. The lowest BCUT2D eigenvalue weighted by molar-refractivity contribution is 0.186. The van der Waals surface area contributed by atoms with Crippen LogP contribution in [0, 0.1) is 11.3 Å². The summed E-state index contributed by atoms with van der Waals surface area (Å²) in [7, 11) is 0. The molecule has 1 atom stereocenters. The molecule has 86 valence electrons. The number of hydrogen-bond acceptors (Lipinski definition) is 1. The Morgan fingerprint density at radius 1 is 1.14 bits per heavy atom. The van der Waals surface area contributed by atoms with E-state index in [9.17, 15) is 0 Å². The number of hydrogen-bond donors (Lipinski definition) is 1. The lowest BCUT2D eigenvalue weighted by Crippen LogP contribution is -2.36. The van der Waals surface area contributed by atoms with Gasteiger partial charge in [0.2, 0.25) is 0 Å². The van der Waals surface area contributed by atoms with Crippen molar-refractivity contribution in [2.24, 2.45) is 11.3 Å². The lowest BCUT2D eigenvalue weighted by Gasteiger charge is -2.34. The molecule has 0 spiro atoms. The minimum Gasteiger partial charge on any atom is -0.316 e. The highest BCUT2D eigenvalue weighted by molar-refractivity contribution is 4.79. The summed E-state index contributed by atoms with van der Waals surface area (Å²) in [5.74, 6) is 0.776. The van der Waals surface area contributed by atoms with Crippen LogP contribution in [0.3, 0.4) is 0 Å². The van der Waals surface area contributed by atoms with E-state index in [1.165, 1.54) is 32.2 Å². The van der Waals surface area contributed by atoms with Gasteiger partial charge in [0.1, 0.15) is 0 Å².